The molecule has 2 amide bonds. The van der Waals surface area contributed by atoms with Crippen LogP contribution in [-0.4, -0.2) is 22.1 Å². The highest BCUT2D eigenvalue weighted by molar-refractivity contribution is 7.98. The van der Waals surface area contributed by atoms with E-state index in [4.69, 9.17) is 0 Å². The van der Waals surface area contributed by atoms with Gasteiger partial charge in [0.1, 0.15) is 11.4 Å². The van der Waals surface area contributed by atoms with E-state index in [1.807, 2.05) is 30.3 Å². The molecule has 6 heteroatoms. The molecule has 2 aromatic carbocycles. The van der Waals surface area contributed by atoms with Crippen molar-refractivity contribution in [3.05, 3.63) is 71.3 Å². The third kappa shape index (κ3) is 1.88. The van der Waals surface area contributed by atoms with Gasteiger partial charge in [-0.25, -0.2) is 0 Å². The lowest BCUT2D eigenvalue weighted by Crippen LogP contribution is -2.39. The molecule has 5 nitrogen and oxygen atoms in total. The Morgan fingerprint density at radius 3 is 2.09 bits per heavy atom. The maximum absolute atomic E-state index is 12.6. The number of amides is 2. The van der Waals surface area contributed by atoms with Crippen LogP contribution in [0.2, 0.25) is 0 Å². The minimum atomic E-state index is -0.435. The molecule has 2 unspecified atom stereocenters. The van der Waals surface area contributed by atoms with Gasteiger partial charge in [-0.2, -0.15) is 5.11 Å². The van der Waals surface area contributed by atoms with E-state index in [1.54, 1.807) is 24.3 Å². The lowest BCUT2D eigenvalue weighted by molar-refractivity contribution is 0.0626. The average molecular weight is 309 g/mol. The van der Waals surface area contributed by atoms with Gasteiger partial charge in [-0.1, -0.05) is 42.5 Å². The summed E-state index contributed by atoms with van der Waals surface area (Å²) in [4.78, 5) is 26.4. The third-order valence-electron chi connectivity index (χ3n) is 3.82. The van der Waals surface area contributed by atoms with E-state index in [2.05, 4.69) is 9.63 Å². The Hall–Kier alpha value is -2.47. The van der Waals surface area contributed by atoms with Crippen molar-refractivity contribution in [3.8, 4) is 0 Å². The molecule has 0 N–H and O–H groups in total. The van der Waals surface area contributed by atoms with Crippen LogP contribution in [0.5, 0.6) is 0 Å². The number of hydrogen-bond acceptors (Lipinski definition) is 5. The van der Waals surface area contributed by atoms with Crippen LogP contribution in [0.4, 0.5) is 0 Å². The molecular weight excluding hydrogens is 298 g/mol. The van der Waals surface area contributed by atoms with Gasteiger partial charge in [0.15, 0.2) is 0 Å². The largest absolute Gasteiger partial charge is 0.269 e. The number of fused-ring (bicyclic) bond motifs is 1. The molecule has 0 spiro atoms. The number of carbonyl (C=O) groups excluding carboxylic acids is 2. The van der Waals surface area contributed by atoms with Crippen LogP contribution in [0.25, 0.3) is 0 Å². The Morgan fingerprint density at radius 2 is 1.45 bits per heavy atom. The summed E-state index contributed by atoms with van der Waals surface area (Å²) in [6.45, 7) is 0. The normalized spacial score (nSPS) is 23.2. The van der Waals surface area contributed by atoms with Crippen molar-refractivity contribution in [1.29, 1.82) is 0 Å². The first-order chi connectivity index (χ1) is 10.8. The van der Waals surface area contributed by atoms with Crippen molar-refractivity contribution in [3.63, 3.8) is 0 Å². The minimum Gasteiger partial charge on any atom is -0.269 e. The summed E-state index contributed by atoms with van der Waals surface area (Å²) in [7, 11) is 0. The second kappa shape index (κ2) is 5.06. The number of rotatable bonds is 2. The SMILES string of the molecule is O=C1c2ccccc2C(=O)N1C1SN=NC1c1ccccc1. The topological polar surface area (TPSA) is 62.1 Å². The first-order valence-corrected chi connectivity index (χ1v) is 7.69. The van der Waals surface area contributed by atoms with Crippen LogP contribution < -0.4 is 0 Å². The summed E-state index contributed by atoms with van der Waals surface area (Å²) in [5, 5.41) is 3.77. The lowest BCUT2D eigenvalue weighted by Gasteiger charge is -2.24. The quantitative estimate of drug-likeness (QED) is 0.630. The van der Waals surface area contributed by atoms with Crippen LogP contribution >= 0.6 is 11.9 Å². The predicted octanol–water partition coefficient (Wildman–Crippen LogP) is 3.46. The van der Waals surface area contributed by atoms with Gasteiger partial charge in [-0.3, -0.25) is 14.5 Å². The molecule has 108 valence electrons. The first-order valence-electron chi connectivity index (χ1n) is 6.85. The van der Waals surface area contributed by atoms with Gasteiger partial charge in [0.2, 0.25) is 0 Å². The molecular formula is C16H11N3O2S. The van der Waals surface area contributed by atoms with Crippen molar-refractivity contribution in [2.45, 2.75) is 11.4 Å². The van der Waals surface area contributed by atoms with Gasteiger partial charge >= 0.3 is 0 Å². The fourth-order valence-electron chi connectivity index (χ4n) is 2.75. The van der Waals surface area contributed by atoms with Gasteiger partial charge < -0.3 is 0 Å². The van der Waals surface area contributed by atoms with E-state index < -0.39 is 5.37 Å². The molecule has 0 saturated carbocycles. The Morgan fingerprint density at radius 1 is 0.864 bits per heavy atom. The maximum atomic E-state index is 12.6. The summed E-state index contributed by atoms with van der Waals surface area (Å²) in [5.74, 6) is -0.544. The Bertz CT molecular complexity index is 756. The van der Waals surface area contributed by atoms with Gasteiger partial charge in [-0.15, -0.1) is 4.52 Å². The fraction of sp³-hybridized carbons (Fsp3) is 0.125. The molecule has 0 fully saturated rings. The standard InChI is InChI=1S/C16H11N3O2S/c20-14-11-8-4-5-9-12(11)15(21)19(14)16-13(17-18-22-16)10-6-2-1-3-7-10/h1-9,13,16H. The van der Waals surface area contributed by atoms with Crippen LogP contribution in [0, 0.1) is 0 Å². The summed E-state index contributed by atoms with van der Waals surface area (Å²) >= 11 is 1.16. The Kier molecular flexibility index (Phi) is 3.04. The van der Waals surface area contributed by atoms with Crippen molar-refractivity contribution in [2.24, 2.45) is 9.63 Å². The highest BCUT2D eigenvalue weighted by Crippen LogP contribution is 2.42. The van der Waals surface area contributed by atoms with Gasteiger partial charge in [-0.05, 0) is 17.7 Å². The average Bonchev–Trinajstić information content (AvgIpc) is 3.13. The number of imide groups is 1. The van der Waals surface area contributed by atoms with E-state index in [1.165, 1.54) is 4.90 Å². The van der Waals surface area contributed by atoms with E-state index >= 15 is 0 Å². The number of nitrogens with zero attached hydrogens (tertiary/aromatic N) is 3. The molecule has 4 rings (SSSR count). The van der Waals surface area contributed by atoms with E-state index in [0.717, 1.165) is 17.5 Å². The second-order valence-corrected chi connectivity index (χ2v) is 5.93. The van der Waals surface area contributed by atoms with Gasteiger partial charge in [0.05, 0.1) is 11.1 Å². The zero-order valence-electron chi connectivity index (χ0n) is 11.4. The predicted molar refractivity (Wildman–Crippen MR) is 82.4 cm³/mol. The number of hydrogen-bond donors (Lipinski definition) is 0. The van der Waals surface area contributed by atoms with Crippen molar-refractivity contribution >= 4 is 23.8 Å². The zero-order chi connectivity index (χ0) is 15.1. The monoisotopic (exact) mass is 309 g/mol. The summed E-state index contributed by atoms with van der Waals surface area (Å²) in [6.07, 6.45) is 0. The Labute approximate surface area is 131 Å². The minimum absolute atomic E-state index is 0.272. The fourth-order valence-corrected chi connectivity index (χ4v) is 3.62. The van der Waals surface area contributed by atoms with E-state index in [9.17, 15) is 9.59 Å². The molecule has 0 radical (unpaired) electrons. The second-order valence-electron chi connectivity index (χ2n) is 5.07. The van der Waals surface area contributed by atoms with Crippen LogP contribution in [0.1, 0.15) is 32.3 Å². The molecule has 2 aliphatic heterocycles. The summed E-state index contributed by atoms with van der Waals surface area (Å²) < 4.78 is 3.99. The van der Waals surface area contributed by atoms with Crippen molar-refractivity contribution < 1.29 is 9.59 Å². The van der Waals surface area contributed by atoms with E-state index in [-0.39, 0.29) is 17.9 Å². The summed E-state index contributed by atoms with van der Waals surface area (Å²) in [6, 6.07) is 16.2. The van der Waals surface area contributed by atoms with Crippen LogP contribution in [0.3, 0.4) is 0 Å². The molecule has 2 aromatic rings. The lowest BCUT2D eigenvalue weighted by atomic mass is 10.1. The summed E-state index contributed by atoms with van der Waals surface area (Å²) in [5.41, 5.74) is 1.84. The maximum Gasteiger partial charge on any atom is 0.262 e. The van der Waals surface area contributed by atoms with Crippen molar-refractivity contribution in [2.75, 3.05) is 0 Å². The molecule has 0 aromatic heterocycles. The molecule has 0 aliphatic carbocycles. The number of carbonyl (C=O) groups is 2. The molecule has 2 aliphatic rings. The first kappa shape index (κ1) is 13.2. The Balaban J connectivity index is 1.71. The highest BCUT2D eigenvalue weighted by atomic mass is 32.2. The van der Waals surface area contributed by atoms with Crippen LogP contribution in [-0.2, 0) is 0 Å². The van der Waals surface area contributed by atoms with E-state index in [0.29, 0.717) is 11.1 Å². The molecule has 2 heterocycles. The van der Waals surface area contributed by atoms with Gasteiger partial charge in [0.25, 0.3) is 11.8 Å². The third-order valence-corrected chi connectivity index (χ3v) is 4.69. The molecule has 22 heavy (non-hydrogen) atoms. The molecule has 2 atom stereocenters. The van der Waals surface area contributed by atoms with Crippen molar-refractivity contribution in [1.82, 2.24) is 4.90 Å². The van der Waals surface area contributed by atoms with Crippen LogP contribution in [0.15, 0.2) is 64.2 Å². The number of benzene rings is 2. The van der Waals surface area contributed by atoms with Gasteiger partial charge in [0, 0.05) is 11.9 Å². The smallest absolute Gasteiger partial charge is 0.262 e. The molecule has 0 saturated heterocycles. The molecule has 0 bridgehead atoms. The highest BCUT2D eigenvalue weighted by Gasteiger charge is 2.45. The zero-order valence-corrected chi connectivity index (χ0v) is 12.2.